The second-order valence-electron chi connectivity index (χ2n) is 3.75. The lowest BCUT2D eigenvalue weighted by Crippen LogP contribution is -2.53. The van der Waals surface area contributed by atoms with Gasteiger partial charge in [0.05, 0.1) is 26.2 Å². The summed E-state index contributed by atoms with van der Waals surface area (Å²) in [5.74, 6) is -0.182. The molecule has 0 aromatic rings. The summed E-state index contributed by atoms with van der Waals surface area (Å²) >= 11 is 0. The molecular formula is C10H20N2O3. The van der Waals surface area contributed by atoms with Crippen LogP contribution in [-0.4, -0.2) is 57.0 Å². The van der Waals surface area contributed by atoms with Gasteiger partial charge in [-0.1, -0.05) is 0 Å². The van der Waals surface area contributed by atoms with Gasteiger partial charge in [-0.05, 0) is 14.0 Å². The Bertz CT molecular complexity index is 209. The molecule has 1 rings (SSSR count). The minimum Gasteiger partial charge on any atom is -0.469 e. The third kappa shape index (κ3) is 3.44. The zero-order valence-electron chi connectivity index (χ0n) is 9.66. The fourth-order valence-electron chi connectivity index (χ4n) is 1.88. The number of ether oxygens (including phenoxy) is 2. The maximum atomic E-state index is 11.3. The summed E-state index contributed by atoms with van der Waals surface area (Å²) in [5, 5.41) is 3.10. The molecule has 0 amide bonds. The van der Waals surface area contributed by atoms with E-state index in [0.717, 1.165) is 19.8 Å². The van der Waals surface area contributed by atoms with Crippen molar-refractivity contribution < 1.29 is 14.3 Å². The lowest BCUT2D eigenvalue weighted by atomic mass is 10.1. The van der Waals surface area contributed by atoms with Gasteiger partial charge in [0.1, 0.15) is 0 Å². The molecule has 1 heterocycles. The predicted molar refractivity (Wildman–Crippen MR) is 56.5 cm³/mol. The summed E-state index contributed by atoms with van der Waals surface area (Å²) < 4.78 is 10.2. The fourth-order valence-corrected chi connectivity index (χ4v) is 1.88. The monoisotopic (exact) mass is 216 g/mol. The number of morpholine rings is 1. The topological polar surface area (TPSA) is 50.8 Å². The highest BCUT2D eigenvalue weighted by Crippen LogP contribution is 2.16. The molecule has 88 valence electrons. The minimum atomic E-state index is -0.182. The van der Waals surface area contributed by atoms with Crippen molar-refractivity contribution in [2.75, 3.05) is 34.0 Å². The van der Waals surface area contributed by atoms with Crippen molar-refractivity contribution in [2.45, 2.75) is 25.5 Å². The Morgan fingerprint density at radius 1 is 1.67 bits per heavy atom. The van der Waals surface area contributed by atoms with Gasteiger partial charge in [-0.2, -0.15) is 0 Å². The average Bonchev–Trinajstić information content (AvgIpc) is 2.23. The first-order chi connectivity index (χ1) is 7.19. The van der Waals surface area contributed by atoms with Crippen LogP contribution in [0.2, 0.25) is 0 Å². The van der Waals surface area contributed by atoms with Gasteiger partial charge >= 0.3 is 5.97 Å². The van der Waals surface area contributed by atoms with Crippen LogP contribution in [0.1, 0.15) is 13.3 Å². The van der Waals surface area contributed by atoms with Crippen molar-refractivity contribution >= 4 is 5.97 Å². The summed E-state index contributed by atoms with van der Waals surface area (Å²) in [6, 6.07) is 0.110. The molecule has 2 unspecified atom stereocenters. The van der Waals surface area contributed by atoms with E-state index in [9.17, 15) is 4.79 Å². The third-order valence-corrected chi connectivity index (χ3v) is 2.73. The number of esters is 1. The molecule has 5 heteroatoms. The van der Waals surface area contributed by atoms with E-state index in [1.54, 1.807) is 0 Å². The summed E-state index contributed by atoms with van der Waals surface area (Å²) in [5.41, 5.74) is 0. The first-order valence-electron chi connectivity index (χ1n) is 5.26. The van der Waals surface area contributed by atoms with Gasteiger partial charge in [-0.3, -0.25) is 9.69 Å². The number of nitrogens with zero attached hydrogens (tertiary/aromatic N) is 1. The lowest BCUT2D eigenvalue weighted by molar-refractivity contribution is -0.146. The third-order valence-electron chi connectivity index (χ3n) is 2.73. The summed E-state index contributed by atoms with van der Waals surface area (Å²) in [6.45, 7) is 4.35. The molecule has 0 radical (unpaired) electrons. The quantitative estimate of drug-likeness (QED) is 0.660. The Hall–Kier alpha value is -0.650. The molecule has 0 aromatic heterocycles. The Balaban J connectivity index is 2.55. The number of methoxy groups -OCH3 is 1. The van der Waals surface area contributed by atoms with Crippen molar-refractivity contribution in [2.24, 2.45) is 0 Å². The zero-order valence-corrected chi connectivity index (χ0v) is 9.66. The van der Waals surface area contributed by atoms with E-state index in [0.29, 0.717) is 6.42 Å². The molecule has 0 aromatic carbocycles. The molecule has 0 saturated carbocycles. The zero-order chi connectivity index (χ0) is 11.3. The van der Waals surface area contributed by atoms with Crippen LogP contribution in [-0.2, 0) is 14.3 Å². The molecule has 15 heavy (non-hydrogen) atoms. The Kier molecular flexibility index (Phi) is 5.01. The molecule has 0 aliphatic carbocycles. The first kappa shape index (κ1) is 12.4. The fraction of sp³-hybridized carbons (Fsp3) is 0.900. The number of hydrogen-bond acceptors (Lipinski definition) is 5. The maximum absolute atomic E-state index is 11.3. The van der Waals surface area contributed by atoms with Gasteiger partial charge in [0, 0.05) is 19.3 Å². The SMILES string of the molecule is CNCN1CCOC(C)C1CC(=O)OC. The highest BCUT2D eigenvalue weighted by atomic mass is 16.5. The van der Waals surface area contributed by atoms with Crippen LogP contribution < -0.4 is 5.32 Å². The Morgan fingerprint density at radius 2 is 2.40 bits per heavy atom. The molecule has 0 spiro atoms. The standard InChI is InChI=1S/C10H20N2O3/c1-8-9(6-10(13)14-3)12(7-11-2)4-5-15-8/h8-9,11H,4-7H2,1-3H3. The highest BCUT2D eigenvalue weighted by molar-refractivity contribution is 5.70. The second kappa shape index (κ2) is 6.05. The molecule has 1 fully saturated rings. The number of carbonyl (C=O) groups is 1. The van der Waals surface area contributed by atoms with Crippen LogP contribution in [0.25, 0.3) is 0 Å². The summed E-state index contributed by atoms with van der Waals surface area (Å²) in [7, 11) is 3.31. The van der Waals surface area contributed by atoms with Gasteiger partial charge < -0.3 is 14.8 Å². The molecule has 1 saturated heterocycles. The predicted octanol–water partition coefficient (Wildman–Crippen LogP) is -0.184. The van der Waals surface area contributed by atoms with Crippen molar-refractivity contribution in [3.05, 3.63) is 0 Å². The van der Waals surface area contributed by atoms with Crippen LogP contribution in [0.15, 0.2) is 0 Å². The molecule has 1 aliphatic heterocycles. The van der Waals surface area contributed by atoms with Crippen molar-refractivity contribution in [3.63, 3.8) is 0 Å². The molecule has 0 bridgehead atoms. The van der Waals surface area contributed by atoms with Crippen molar-refractivity contribution in [1.29, 1.82) is 0 Å². The van der Waals surface area contributed by atoms with E-state index in [1.165, 1.54) is 7.11 Å². The van der Waals surface area contributed by atoms with Crippen molar-refractivity contribution in [1.82, 2.24) is 10.2 Å². The van der Waals surface area contributed by atoms with E-state index in [1.807, 2.05) is 14.0 Å². The lowest BCUT2D eigenvalue weighted by Gasteiger charge is -2.39. The largest absolute Gasteiger partial charge is 0.469 e. The van der Waals surface area contributed by atoms with Gasteiger partial charge in [0.25, 0.3) is 0 Å². The molecule has 1 N–H and O–H groups in total. The smallest absolute Gasteiger partial charge is 0.307 e. The molecule has 1 aliphatic rings. The van der Waals surface area contributed by atoms with Gasteiger partial charge in [0.2, 0.25) is 0 Å². The van der Waals surface area contributed by atoms with Crippen LogP contribution in [0.3, 0.4) is 0 Å². The highest BCUT2D eigenvalue weighted by Gasteiger charge is 2.30. The molecule has 5 nitrogen and oxygen atoms in total. The van der Waals surface area contributed by atoms with E-state index in [-0.39, 0.29) is 18.1 Å². The van der Waals surface area contributed by atoms with Crippen LogP contribution >= 0.6 is 0 Å². The van der Waals surface area contributed by atoms with Crippen LogP contribution in [0, 0.1) is 0 Å². The Labute approximate surface area is 90.7 Å². The number of carbonyl (C=O) groups excluding carboxylic acids is 1. The molecular weight excluding hydrogens is 196 g/mol. The average molecular weight is 216 g/mol. The van der Waals surface area contributed by atoms with Crippen LogP contribution in [0.4, 0.5) is 0 Å². The summed E-state index contributed by atoms with van der Waals surface area (Å²) in [6.07, 6.45) is 0.463. The maximum Gasteiger partial charge on any atom is 0.307 e. The van der Waals surface area contributed by atoms with Crippen molar-refractivity contribution in [3.8, 4) is 0 Å². The van der Waals surface area contributed by atoms with E-state index < -0.39 is 0 Å². The minimum absolute atomic E-state index is 0.0752. The first-order valence-corrected chi connectivity index (χ1v) is 5.26. The van der Waals surface area contributed by atoms with Gasteiger partial charge in [0.15, 0.2) is 0 Å². The van der Waals surface area contributed by atoms with E-state index in [4.69, 9.17) is 4.74 Å². The van der Waals surface area contributed by atoms with Crippen LogP contribution in [0.5, 0.6) is 0 Å². The van der Waals surface area contributed by atoms with E-state index >= 15 is 0 Å². The van der Waals surface area contributed by atoms with Gasteiger partial charge in [-0.15, -0.1) is 0 Å². The normalized spacial score (nSPS) is 27.7. The number of nitrogens with one attached hydrogen (secondary N) is 1. The van der Waals surface area contributed by atoms with Gasteiger partial charge in [-0.25, -0.2) is 0 Å². The number of hydrogen-bond donors (Lipinski definition) is 1. The Morgan fingerprint density at radius 3 is 3.00 bits per heavy atom. The second-order valence-corrected chi connectivity index (χ2v) is 3.75. The summed E-state index contributed by atoms with van der Waals surface area (Å²) in [4.78, 5) is 13.5. The molecule has 2 atom stereocenters. The van der Waals surface area contributed by atoms with E-state index in [2.05, 4.69) is 15.0 Å². The number of rotatable bonds is 4.